The molecular formula is C17H20N2O2. The maximum Gasteiger partial charge on any atom is 0.220 e. The summed E-state index contributed by atoms with van der Waals surface area (Å²) < 4.78 is 5.55. The molecule has 1 unspecified atom stereocenters. The highest BCUT2D eigenvalue weighted by Gasteiger charge is 2.09. The number of carbonyl (C=O) groups is 1. The van der Waals surface area contributed by atoms with Gasteiger partial charge in [0.05, 0.1) is 18.3 Å². The van der Waals surface area contributed by atoms with E-state index in [1.807, 2.05) is 55.5 Å². The second-order valence-corrected chi connectivity index (χ2v) is 4.81. The lowest BCUT2D eigenvalue weighted by molar-refractivity contribution is -0.122. The molecule has 110 valence electrons. The minimum Gasteiger partial charge on any atom is -0.494 e. The predicted octanol–water partition coefficient (Wildman–Crippen LogP) is 3.12. The SMILES string of the molecule is CC(NC(=O)CCCOc1ccccc1)c1ccccn1. The molecule has 0 aliphatic carbocycles. The summed E-state index contributed by atoms with van der Waals surface area (Å²) in [5, 5.41) is 2.94. The zero-order valence-electron chi connectivity index (χ0n) is 12.2. The number of nitrogens with zero attached hydrogens (tertiary/aromatic N) is 1. The lowest BCUT2D eigenvalue weighted by atomic mass is 10.2. The van der Waals surface area contributed by atoms with Crippen LogP contribution in [0.3, 0.4) is 0 Å². The van der Waals surface area contributed by atoms with E-state index in [0.29, 0.717) is 19.4 Å². The summed E-state index contributed by atoms with van der Waals surface area (Å²) >= 11 is 0. The van der Waals surface area contributed by atoms with Crippen molar-refractivity contribution >= 4 is 5.91 Å². The number of ether oxygens (including phenoxy) is 1. The smallest absolute Gasteiger partial charge is 0.220 e. The Balaban J connectivity index is 1.66. The molecule has 1 amide bonds. The third kappa shape index (κ3) is 5.26. The van der Waals surface area contributed by atoms with Gasteiger partial charge in [0.15, 0.2) is 0 Å². The van der Waals surface area contributed by atoms with Gasteiger partial charge in [-0.2, -0.15) is 0 Å². The Morgan fingerprint density at radius 3 is 2.67 bits per heavy atom. The largest absolute Gasteiger partial charge is 0.494 e. The first-order valence-electron chi connectivity index (χ1n) is 7.14. The van der Waals surface area contributed by atoms with Crippen LogP contribution in [-0.2, 0) is 4.79 Å². The number of carbonyl (C=O) groups excluding carboxylic acids is 1. The van der Waals surface area contributed by atoms with Gasteiger partial charge in [-0.1, -0.05) is 24.3 Å². The Hall–Kier alpha value is -2.36. The fraction of sp³-hybridized carbons (Fsp3) is 0.294. The molecule has 1 aromatic heterocycles. The van der Waals surface area contributed by atoms with Crippen LogP contribution in [-0.4, -0.2) is 17.5 Å². The van der Waals surface area contributed by atoms with Gasteiger partial charge in [-0.3, -0.25) is 9.78 Å². The molecule has 1 atom stereocenters. The van der Waals surface area contributed by atoms with E-state index in [0.717, 1.165) is 11.4 Å². The van der Waals surface area contributed by atoms with Gasteiger partial charge in [0.1, 0.15) is 5.75 Å². The van der Waals surface area contributed by atoms with Crippen molar-refractivity contribution in [3.8, 4) is 5.75 Å². The van der Waals surface area contributed by atoms with Crippen LogP contribution in [0.5, 0.6) is 5.75 Å². The van der Waals surface area contributed by atoms with Crippen molar-refractivity contribution in [3.63, 3.8) is 0 Å². The van der Waals surface area contributed by atoms with E-state index in [4.69, 9.17) is 4.74 Å². The highest BCUT2D eigenvalue weighted by Crippen LogP contribution is 2.10. The molecule has 0 aliphatic heterocycles. The molecule has 0 fully saturated rings. The lowest BCUT2D eigenvalue weighted by Crippen LogP contribution is -2.27. The van der Waals surface area contributed by atoms with Crippen molar-refractivity contribution < 1.29 is 9.53 Å². The molecule has 1 N–H and O–H groups in total. The standard InChI is InChI=1S/C17H20N2O2/c1-14(16-10-5-6-12-18-16)19-17(20)11-7-13-21-15-8-3-2-4-9-15/h2-6,8-10,12,14H,7,11,13H2,1H3,(H,19,20). The molecule has 0 bridgehead atoms. The van der Waals surface area contributed by atoms with E-state index in [1.54, 1.807) is 6.20 Å². The Bertz CT molecular complexity index is 543. The summed E-state index contributed by atoms with van der Waals surface area (Å²) in [7, 11) is 0. The zero-order valence-corrected chi connectivity index (χ0v) is 12.2. The molecule has 0 saturated heterocycles. The minimum atomic E-state index is -0.0752. The highest BCUT2D eigenvalue weighted by atomic mass is 16.5. The Kier molecular flexibility index (Phi) is 5.76. The Morgan fingerprint density at radius 2 is 1.95 bits per heavy atom. The van der Waals surface area contributed by atoms with Gasteiger partial charge in [0.2, 0.25) is 5.91 Å². The molecule has 1 aromatic carbocycles. The first-order chi connectivity index (χ1) is 10.3. The van der Waals surface area contributed by atoms with Gasteiger partial charge < -0.3 is 10.1 Å². The molecule has 0 saturated carbocycles. The molecule has 4 nitrogen and oxygen atoms in total. The van der Waals surface area contributed by atoms with E-state index in [1.165, 1.54) is 0 Å². The zero-order chi connectivity index (χ0) is 14.9. The summed E-state index contributed by atoms with van der Waals surface area (Å²) in [5.74, 6) is 0.851. The summed E-state index contributed by atoms with van der Waals surface area (Å²) in [6.07, 6.45) is 2.87. The summed E-state index contributed by atoms with van der Waals surface area (Å²) in [6, 6.07) is 15.2. The molecular weight excluding hydrogens is 264 g/mol. The third-order valence-electron chi connectivity index (χ3n) is 3.07. The number of nitrogens with one attached hydrogen (secondary N) is 1. The quantitative estimate of drug-likeness (QED) is 0.795. The summed E-state index contributed by atoms with van der Waals surface area (Å²) in [5.41, 5.74) is 0.867. The molecule has 0 spiro atoms. The number of rotatable bonds is 7. The fourth-order valence-corrected chi connectivity index (χ4v) is 1.96. The van der Waals surface area contributed by atoms with Gasteiger partial charge in [0.25, 0.3) is 0 Å². The van der Waals surface area contributed by atoms with Gasteiger partial charge in [-0.25, -0.2) is 0 Å². The number of benzene rings is 1. The Labute approximate surface area is 125 Å². The van der Waals surface area contributed by atoms with Crippen molar-refractivity contribution in [2.24, 2.45) is 0 Å². The average molecular weight is 284 g/mol. The van der Waals surface area contributed by atoms with Crippen molar-refractivity contribution in [3.05, 3.63) is 60.4 Å². The Morgan fingerprint density at radius 1 is 1.19 bits per heavy atom. The van der Waals surface area contributed by atoms with E-state index in [9.17, 15) is 4.79 Å². The highest BCUT2D eigenvalue weighted by molar-refractivity contribution is 5.76. The van der Waals surface area contributed by atoms with Gasteiger partial charge in [-0.15, -0.1) is 0 Å². The summed E-state index contributed by atoms with van der Waals surface area (Å²) in [6.45, 7) is 2.47. The van der Waals surface area contributed by atoms with Crippen LogP contribution >= 0.6 is 0 Å². The second kappa shape index (κ2) is 8.04. The monoisotopic (exact) mass is 284 g/mol. The van der Waals surface area contributed by atoms with Crippen LogP contribution < -0.4 is 10.1 Å². The van der Waals surface area contributed by atoms with Crippen molar-refractivity contribution in [1.82, 2.24) is 10.3 Å². The van der Waals surface area contributed by atoms with Crippen LogP contribution in [0.1, 0.15) is 31.5 Å². The number of aromatic nitrogens is 1. The topological polar surface area (TPSA) is 51.2 Å². The maximum absolute atomic E-state index is 11.8. The van der Waals surface area contributed by atoms with E-state index < -0.39 is 0 Å². The van der Waals surface area contributed by atoms with Crippen molar-refractivity contribution in [2.45, 2.75) is 25.8 Å². The van der Waals surface area contributed by atoms with Gasteiger partial charge >= 0.3 is 0 Å². The first kappa shape index (κ1) is 15.0. The minimum absolute atomic E-state index is 0.0183. The van der Waals surface area contributed by atoms with E-state index in [2.05, 4.69) is 10.3 Å². The van der Waals surface area contributed by atoms with E-state index >= 15 is 0 Å². The van der Waals surface area contributed by atoms with Crippen LogP contribution in [0.2, 0.25) is 0 Å². The molecule has 2 aromatic rings. The predicted molar refractivity (Wildman–Crippen MR) is 82.0 cm³/mol. The fourth-order valence-electron chi connectivity index (χ4n) is 1.96. The van der Waals surface area contributed by atoms with Crippen LogP contribution in [0, 0.1) is 0 Å². The second-order valence-electron chi connectivity index (χ2n) is 4.81. The number of pyridine rings is 1. The average Bonchev–Trinajstić information content (AvgIpc) is 2.53. The number of para-hydroxylation sites is 1. The molecule has 0 aliphatic rings. The molecule has 1 heterocycles. The lowest BCUT2D eigenvalue weighted by Gasteiger charge is -2.13. The normalized spacial score (nSPS) is 11.7. The number of hydrogen-bond donors (Lipinski definition) is 1. The van der Waals surface area contributed by atoms with Crippen molar-refractivity contribution in [1.29, 1.82) is 0 Å². The van der Waals surface area contributed by atoms with Crippen LogP contribution in [0.4, 0.5) is 0 Å². The molecule has 2 rings (SSSR count). The third-order valence-corrected chi connectivity index (χ3v) is 3.07. The van der Waals surface area contributed by atoms with Crippen molar-refractivity contribution in [2.75, 3.05) is 6.61 Å². The van der Waals surface area contributed by atoms with E-state index in [-0.39, 0.29) is 11.9 Å². The number of hydrogen-bond acceptors (Lipinski definition) is 3. The first-order valence-corrected chi connectivity index (χ1v) is 7.14. The molecule has 21 heavy (non-hydrogen) atoms. The van der Waals surface area contributed by atoms with Crippen LogP contribution in [0.15, 0.2) is 54.7 Å². The van der Waals surface area contributed by atoms with Gasteiger partial charge in [0, 0.05) is 12.6 Å². The summed E-state index contributed by atoms with van der Waals surface area (Å²) in [4.78, 5) is 16.1. The van der Waals surface area contributed by atoms with Gasteiger partial charge in [-0.05, 0) is 37.6 Å². The molecule has 0 radical (unpaired) electrons. The van der Waals surface area contributed by atoms with Crippen LogP contribution in [0.25, 0.3) is 0 Å². The molecule has 4 heteroatoms. The maximum atomic E-state index is 11.8. The number of amides is 1.